The molecule has 16 heavy (non-hydrogen) atoms. The van der Waals surface area contributed by atoms with E-state index in [9.17, 15) is 0 Å². The lowest BCUT2D eigenvalue weighted by Crippen LogP contribution is -2.37. The number of rotatable bonds is 6. The fraction of sp³-hybridized carbons (Fsp3) is 0.538. The Morgan fingerprint density at radius 2 is 2.06 bits per heavy atom. The van der Waals surface area contributed by atoms with Crippen LogP contribution >= 0.6 is 27.7 Å². The van der Waals surface area contributed by atoms with Crippen molar-refractivity contribution in [2.45, 2.75) is 32.4 Å². The van der Waals surface area contributed by atoms with Crippen LogP contribution in [0.1, 0.15) is 19.4 Å². The Morgan fingerprint density at radius 1 is 1.31 bits per heavy atom. The van der Waals surface area contributed by atoms with Crippen molar-refractivity contribution in [1.29, 1.82) is 0 Å². The topological polar surface area (TPSA) is 12.0 Å². The highest BCUT2D eigenvalue weighted by Gasteiger charge is 2.07. The van der Waals surface area contributed by atoms with Crippen molar-refractivity contribution in [2.75, 3.05) is 12.0 Å². The Bertz CT molecular complexity index is 317. The molecule has 1 aromatic carbocycles. The van der Waals surface area contributed by atoms with Gasteiger partial charge in [0.1, 0.15) is 0 Å². The zero-order valence-corrected chi connectivity index (χ0v) is 12.6. The van der Waals surface area contributed by atoms with Gasteiger partial charge < -0.3 is 5.32 Å². The van der Waals surface area contributed by atoms with E-state index < -0.39 is 0 Å². The Balaban J connectivity index is 2.42. The Morgan fingerprint density at radius 3 is 2.69 bits per heavy atom. The summed E-state index contributed by atoms with van der Waals surface area (Å²) in [5.41, 5.74) is 1.38. The number of nitrogens with one attached hydrogen (secondary N) is 1. The van der Waals surface area contributed by atoms with E-state index in [1.807, 2.05) is 11.8 Å². The Hall–Kier alpha value is 0.01000. The summed E-state index contributed by atoms with van der Waals surface area (Å²) in [5, 5.41) is 3.61. The third kappa shape index (κ3) is 5.37. The molecule has 0 fully saturated rings. The van der Waals surface area contributed by atoms with Crippen molar-refractivity contribution in [3.8, 4) is 0 Å². The summed E-state index contributed by atoms with van der Waals surface area (Å²) in [6, 6.07) is 9.64. The van der Waals surface area contributed by atoms with Crippen LogP contribution in [0.15, 0.2) is 28.7 Å². The smallest absolute Gasteiger partial charge is 0.0178 e. The van der Waals surface area contributed by atoms with Gasteiger partial charge in [0, 0.05) is 22.3 Å². The van der Waals surface area contributed by atoms with Crippen LogP contribution in [0.4, 0.5) is 0 Å². The molecule has 0 saturated heterocycles. The van der Waals surface area contributed by atoms with E-state index in [1.54, 1.807) is 0 Å². The van der Waals surface area contributed by atoms with E-state index in [1.165, 1.54) is 11.3 Å². The first-order chi connectivity index (χ1) is 7.61. The first-order valence-corrected chi connectivity index (χ1v) is 7.80. The summed E-state index contributed by atoms with van der Waals surface area (Å²) in [7, 11) is 0. The van der Waals surface area contributed by atoms with Gasteiger partial charge in [0.25, 0.3) is 0 Å². The number of hydrogen-bond acceptors (Lipinski definition) is 2. The SMILES string of the molecule is CSCC(C)NC(C)Cc1cccc(Br)c1. The third-order valence-electron chi connectivity index (χ3n) is 2.42. The molecule has 0 spiro atoms. The molecule has 0 aliphatic carbocycles. The van der Waals surface area contributed by atoms with Gasteiger partial charge >= 0.3 is 0 Å². The van der Waals surface area contributed by atoms with Crippen LogP contribution in [-0.4, -0.2) is 24.1 Å². The zero-order valence-electron chi connectivity index (χ0n) is 10.2. The highest BCUT2D eigenvalue weighted by atomic mass is 79.9. The standard InChI is InChI=1S/C13H20BrNS/c1-10(15-11(2)9-16-3)7-12-5-4-6-13(14)8-12/h4-6,8,10-11,15H,7,9H2,1-3H3. The van der Waals surface area contributed by atoms with Crippen LogP contribution in [0.2, 0.25) is 0 Å². The van der Waals surface area contributed by atoms with Gasteiger partial charge in [-0.1, -0.05) is 28.1 Å². The molecule has 0 amide bonds. The summed E-state index contributed by atoms with van der Waals surface area (Å²) in [4.78, 5) is 0. The predicted octanol–water partition coefficient (Wildman–Crippen LogP) is 3.72. The molecule has 0 heterocycles. The first kappa shape index (κ1) is 14.1. The van der Waals surface area contributed by atoms with Gasteiger partial charge in [0.15, 0.2) is 0 Å². The van der Waals surface area contributed by atoms with Crippen LogP contribution in [0.25, 0.3) is 0 Å². The van der Waals surface area contributed by atoms with Crippen molar-refractivity contribution in [3.05, 3.63) is 34.3 Å². The summed E-state index contributed by atoms with van der Waals surface area (Å²) in [5.74, 6) is 1.17. The molecule has 2 unspecified atom stereocenters. The molecular weight excluding hydrogens is 282 g/mol. The van der Waals surface area contributed by atoms with Crippen molar-refractivity contribution in [2.24, 2.45) is 0 Å². The van der Waals surface area contributed by atoms with Gasteiger partial charge in [0.05, 0.1) is 0 Å². The van der Waals surface area contributed by atoms with Crippen molar-refractivity contribution >= 4 is 27.7 Å². The summed E-state index contributed by atoms with van der Waals surface area (Å²) in [6.07, 6.45) is 3.23. The highest BCUT2D eigenvalue weighted by Crippen LogP contribution is 2.13. The van der Waals surface area contributed by atoms with E-state index in [2.05, 4.69) is 65.6 Å². The van der Waals surface area contributed by atoms with Crippen LogP contribution < -0.4 is 5.32 Å². The zero-order chi connectivity index (χ0) is 12.0. The normalized spacial score (nSPS) is 14.8. The maximum atomic E-state index is 3.61. The molecule has 0 aliphatic rings. The average molecular weight is 302 g/mol. The van der Waals surface area contributed by atoms with E-state index in [4.69, 9.17) is 0 Å². The van der Waals surface area contributed by atoms with Gasteiger partial charge in [-0.15, -0.1) is 0 Å². The third-order valence-corrected chi connectivity index (χ3v) is 3.74. The van der Waals surface area contributed by atoms with E-state index in [0.717, 1.165) is 10.9 Å². The van der Waals surface area contributed by atoms with Crippen molar-refractivity contribution in [1.82, 2.24) is 5.32 Å². The Kier molecular flexibility index (Phi) is 6.47. The molecule has 0 aliphatic heterocycles. The summed E-state index contributed by atoms with van der Waals surface area (Å²) < 4.78 is 1.16. The molecule has 1 N–H and O–H groups in total. The average Bonchev–Trinajstić information content (AvgIpc) is 2.17. The minimum Gasteiger partial charge on any atom is -0.311 e. The fourth-order valence-corrected chi connectivity index (χ4v) is 2.90. The Labute approximate surface area is 112 Å². The molecule has 3 heteroatoms. The number of thioether (sulfide) groups is 1. The van der Waals surface area contributed by atoms with Crippen molar-refractivity contribution < 1.29 is 0 Å². The lowest BCUT2D eigenvalue weighted by atomic mass is 10.1. The molecule has 90 valence electrons. The second kappa shape index (κ2) is 7.36. The monoisotopic (exact) mass is 301 g/mol. The minimum atomic E-state index is 0.524. The van der Waals surface area contributed by atoms with Gasteiger partial charge in [-0.05, 0) is 44.2 Å². The first-order valence-electron chi connectivity index (χ1n) is 5.61. The molecule has 0 aromatic heterocycles. The molecule has 1 aromatic rings. The predicted molar refractivity (Wildman–Crippen MR) is 78.3 cm³/mol. The largest absolute Gasteiger partial charge is 0.311 e. The molecule has 2 atom stereocenters. The molecule has 1 rings (SSSR count). The van der Waals surface area contributed by atoms with Crippen LogP contribution in [-0.2, 0) is 6.42 Å². The lowest BCUT2D eigenvalue weighted by Gasteiger charge is -2.19. The van der Waals surface area contributed by atoms with Gasteiger partial charge in [-0.3, -0.25) is 0 Å². The van der Waals surface area contributed by atoms with E-state index >= 15 is 0 Å². The van der Waals surface area contributed by atoms with Crippen molar-refractivity contribution in [3.63, 3.8) is 0 Å². The number of hydrogen-bond donors (Lipinski definition) is 1. The second-order valence-corrected chi connectivity index (χ2v) is 6.08. The van der Waals surface area contributed by atoms with Crippen LogP contribution in [0.3, 0.4) is 0 Å². The minimum absolute atomic E-state index is 0.524. The highest BCUT2D eigenvalue weighted by molar-refractivity contribution is 9.10. The second-order valence-electron chi connectivity index (χ2n) is 4.26. The molecular formula is C13H20BrNS. The number of benzene rings is 1. The molecule has 0 bridgehead atoms. The lowest BCUT2D eigenvalue weighted by molar-refractivity contribution is 0.492. The summed E-state index contributed by atoms with van der Waals surface area (Å²) in [6.45, 7) is 4.49. The fourth-order valence-electron chi connectivity index (χ4n) is 1.86. The van der Waals surface area contributed by atoms with E-state index in [0.29, 0.717) is 12.1 Å². The van der Waals surface area contributed by atoms with Crippen LogP contribution in [0.5, 0.6) is 0 Å². The molecule has 0 saturated carbocycles. The van der Waals surface area contributed by atoms with E-state index in [-0.39, 0.29) is 0 Å². The van der Waals surface area contributed by atoms with Gasteiger partial charge in [0.2, 0.25) is 0 Å². The molecule has 1 nitrogen and oxygen atoms in total. The van der Waals surface area contributed by atoms with Gasteiger partial charge in [-0.25, -0.2) is 0 Å². The maximum absolute atomic E-state index is 3.61. The molecule has 0 radical (unpaired) electrons. The summed E-state index contributed by atoms with van der Waals surface area (Å²) >= 11 is 5.39. The quantitative estimate of drug-likeness (QED) is 0.859. The van der Waals surface area contributed by atoms with Gasteiger partial charge in [-0.2, -0.15) is 11.8 Å². The maximum Gasteiger partial charge on any atom is 0.0178 e. The number of halogens is 1. The van der Waals surface area contributed by atoms with Crippen LogP contribution in [0, 0.1) is 0 Å².